The highest BCUT2D eigenvalue weighted by Gasteiger charge is 2.29. The van der Waals surface area contributed by atoms with Crippen LogP contribution in [0.1, 0.15) is 38.8 Å². The summed E-state index contributed by atoms with van der Waals surface area (Å²) in [6.45, 7) is 2.00. The van der Waals surface area contributed by atoms with Crippen LogP contribution in [0.5, 0.6) is 0 Å². The van der Waals surface area contributed by atoms with E-state index >= 15 is 0 Å². The first-order valence-corrected chi connectivity index (χ1v) is 7.45. The Kier molecular flexibility index (Phi) is 3.15. The normalized spacial score (nSPS) is 17.3. The smallest absolute Gasteiger partial charge is 0.264 e. The number of aryl methyl sites for hydroxylation is 2. The Morgan fingerprint density at radius 3 is 2.84 bits per heavy atom. The standard InChI is InChI=1S/C16H17NOS/c1-11-9-10-19-15(11)16(18)17(2)14-8-7-12-5-3-4-6-13(12)14/h3-6,9-10,14H,7-8H2,1-2H3. The monoisotopic (exact) mass is 271 g/mol. The summed E-state index contributed by atoms with van der Waals surface area (Å²) in [5.74, 6) is 0.147. The van der Waals surface area contributed by atoms with Crippen molar-refractivity contribution in [2.24, 2.45) is 0 Å². The van der Waals surface area contributed by atoms with E-state index in [-0.39, 0.29) is 11.9 Å². The summed E-state index contributed by atoms with van der Waals surface area (Å²) >= 11 is 1.53. The molecule has 0 N–H and O–H groups in total. The molecule has 0 saturated heterocycles. The van der Waals surface area contributed by atoms with Crippen LogP contribution in [0.3, 0.4) is 0 Å². The summed E-state index contributed by atoms with van der Waals surface area (Å²) in [6, 6.07) is 10.7. The fourth-order valence-corrected chi connectivity index (χ4v) is 3.74. The molecule has 1 aromatic heterocycles. The Bertz CT molecular complexity index is 617. The SMILES string of the molecule is Cc1ccsc1C(=O)N(C)C1CCc2ccccc21. The number of amides is 1. The summed E-state index contributed by atoms with van der Waals surface area (Å²) in [5, 5.41) is 1.99. The van der Waals surface area contributed by atoms with E-state index in [1.807, 2.05) is 30.3 Å². The second-order valence-electron chi connectivity index (χ2n) is 5.10. The molecule has 1 heterocycles. The zero-order chi connectivity index (χ0) is 13.4. The number of benzene rings is 1. The third-order valence-corrected chi connectivity index (χ3v) is 4.95. The van der Waals surface area contributed by atoms with Crippen LogP contribution in [0.4, 0.5) is 0 Å². The maximum Gasteiger partial charge on any atom is 0.264 e. The van der Waals surface area contributed by atoms with E-state index < -0.39 is 0 Å². The largest absolute Gasteiger partial charge is 0.334 e. The van der Waals surface area contributed by atoms with Gasteiger partial charge in [0, 0.05) is 7.05 Å². The van der Waals surface area contributed by atoms with Gasteiger partial charge in [-0.2, -0.15) is 0 Å². The van der Waals surface area contributed by atoms with Crippen LogP contribution < -0.4 is 0 Å². The summed E-state index contributed by atoms with van der Waals surface area (Å²) in [7, 11) is 1.92. The lowest BCUT2D eigenvalue weighted by Gasteiger charge is -2.25. The van der Waals surface area contributed by atoms with E-state index in [4.69, 9.17) is 0 Å². The molecule has 1 atom stereocenters. The first kappa shape index (κ1) is 12.4. The lowest BCUT2D eigenvalue weighted by Crippen LogP contribution is -2.29. The fraction of sp³-hybridized carbons (Fsp3) is 0.312. The maximum atomic E-state index is 12.6. The van der Waals surface area contributed by atoms with Crippen molar-refractivity contribution in [3.8, 4) is 0 Å². The van der Waals surface area contributed by atoms with Gasteiger partial charge in [0.15, 0.2) is 0 Å². The predicted octanol–water partition coefficient (Wildman–Crippen LogP) is 3.82. The summed E-state index contributed by atoms with van der Waals surface area (Å²) < 4.78 is 0. The molecule has 1 aromatic carbocycles. The highest BCUT2D eigenvalue weighted by atomic mass is 32.1. The molecular formula is C16H17NOS. The van der Waals surface area contributed by atoms with Crippen LogP contribution in [-0.2, 0) is 6.42 Å². The van der Waals surface area contributed by atoms with Crippen LogP contribution in [0, 0.1) is 6.92 Å². The zero-order valence-corrected chi connectivity index (χ0v) is 12.0. The first-order valence-electron chi connectivity index (χ1n) is 6.57. The Labute approximate surface area is 117 Å². The van der Waals surface area contributed by atoms with Crippen molar-refractivity contribution in [1.82, 2.24) is 4.90 Å². The molecule has 1 amide bonds. The summed E-state index contributed by atoms with van der Waals surface area (Å²) in [4.78, 5) is 15.3. The van der Waals surface area contributed by atoms with Crippen molar-refractivity contribution < 1.29 is 4.79 Å². The minimum absolute atomic E-state index is 0.147. The molecule has 2 aromatic rings. The number of hydrogen-bond acceptors (Lipinski definition) is 2. The number of carbonyl (C=O) groups excluding carboxylic acids is 1. The Balaban J connectivity index is 1.88. The average molecular weight is 271 g/mol. The molecule has 19 heavy (non-hydrogen) atoms. The van der Waals surface area contributed by atoms with Crippen molar-refractivity contribution >= 4 is 17.2 Å². The number of rotatable bonds is 2. The van der Waals surface area contributed by atoms with Gasteiger partial charge in [-0.15, -0.1) is 11.3 Å². The lowest BCUT2D eigenvalue weighted by atomic mass is 10.1. The van der Waals surface area contributed by atoms with Gasteiger partial charge in [0.25, 0.3) is 5.91 Å². The Morgan fingerprint density at radius 1 is 1.32 bits per heavy atom. The number of fused-ring (bicyclic) bond motifs is 1. The van der Waals surface area contributed by atoms with E-state index in [9.17, 15) is 4.79 Å². The number of hydrogen-bond donors (Lipinski definition) is 0. The molecule has 0 bridgehead atoms. The van der Waals surface area contributed by atoms with Gasteiger partial charge in [0.05, 0.1) is 10.9 Å². The number of nitrogens with zero attached hydrogens (tertiary/aromatic N) is 1. The van der Waals surface area contributed by atoms with Gasteiger partial charge in [-0.25, -0.2) is 0 Å². The van der Waals surface area contributed by atoms with E-state index in [1.165, 1.54) is 22.5 Å². The van der Waals surface area contributed by atoms with Crippen LogP contribution in [-0.4, -0.2) is 17.9 Å². The predicted molar refractivity (Wildman–Crippen MR) is 78.7 cm³/mol. The van der Waals surface area contributed by atoms with Crippen LogP contribution in [0.25, 0.3) is 0 Å². The second kappa shape index (κ2) is 4.82. The topological polar surface area (TPSA) is 20.3 Å². The Hall–Kier alpha value is -1.61. The molecule has 0 radical (unpaired) electrons. The molecule has 0 saturated carbocycles. The first-order chi connectivity index (χ1) is 9.18. The van der Waals surface area contributed by atoms with E-state index in [0.717, 1.165) is 23.3 Å². The van der Waals surface area contributed by atoms with E-state index in [1.54, 1.807) is 0 Å². The molecule has 3 heteroatoms. The zero-order valence-electron chi connectivity index (χ0n) is 11.2. The van der Waals surface area contributed by atoms with Crippen LogP contribution in [0.2, 0.25) is 0 Å². The third kappa shape index (κ3) is 2.08. The van der Waals surface area contributed by atoms with Crippen molar-refractivity contribution in [3.05, 3.63) is 57.3 Å². The van der Waals surface area contributed by atoms with E-state index in [0.29, 0.717) is 0 Å². The summed E-state index contributed by atoms with van der Waals surface area (Å²) in [6.07, 6.45) is 2.11. The van der Waals surface area contributed by atoms with Gasteiger partial charge in [0.2, 0.25) is 0 Å². The minimum atomic E-state index is 0.147. The molecule has 0 aliphatic heterocycles. The number of carbonyl (C=O) groups is 1. The van der Waals surface area contributed by atoms with Gasteiger partial charge >= 0.3 is 0 Å². The molecule has 0 spiro atoms. The molecule has 1 aliphatic rings. The molecular weight excluding hydrogens is 254 g/mol. The minimum Gasteiger partial charge on any atom is -0.334 e. The van der Waals surface area contributed by atoms with Gasteiger partial charge in [-0.3, -0.25) is 4.79 Å². The average Bonchev–Trinajstić information content (AvgIpc) is 3.03. The van der Waals surface area contributed by atoms with Gasteiger partial charge in [0.1, 0.15) is 0 Å². The lowest BCUT2D eigenvalue weighted by molar-refractivity contribution is 0.0735. The summed E-state index contributed by atoms with van der Waals surface area (Å²) in [5.41, 5.74) is 3.77. The van der Waals surface area contributed by atoms with Gasteiger partial charge in [-0.1, -0.05) is 24.3 Å². The molecule has 98 valence electrons. The van der Waals surface area contributed by atoms with Gasteiger partial charge < -0.3 is 4.90 Å². The maximum absolute atomic E-state index is 12.6. The third-order valence-electron chi connectivity index (χ3n) is 3.95. The van der Waals surface area contributed by atoms with Crippen molar-refractivity contribution in [1.29, 1.82) is 0 Å². The highest BCUT2D eigenvalue weighted by molar-refractivity contribution is 7.12. The fourth-order valence-electron chi connectivity index (χ4n) is 2.83. The van der Waals surface area contributed by atoms with Crippen LogP contribution in [0.15, 0.2) is 35.7 Å². The molecule has 1 aliphatic carbocycles. The molecule has 1 unspecified atom stereocenters. The van der Waals surface area contributed by atoms with Crippen molar-refractivity contribution in [2.75, 3.05) is 7.05 Å². The Morgan fingerprint density at radius 2 is 2.11 bits per heavy atom. The van der Waals surface area contributed by atoms with Crippen LogP contribution >= 0.6 is 11.3 Å². The van der Waals surface area contributed by atoms with Crippen molar-refractivity contribution in [2.45, 2.75) is 25.8 Å². The second-order valence-corrected chi connectivity index (χ2v) is 6.02. The highest BCUT2D eigenvalue weighted by Crippen LogP contribution is 2.36. The quantitative estimate of drug-likeness (QED) is 0.813. The molecule has 3 rings (SSSR count). The van der Waals surface area contributed by atoms with E-state index in [2.05, 4.69) is 24.3 Å². The molecule has 0 fully saturated rings. The molecule has 2 nitrogen and oxygen atoms in total. The van der Waals surface area contributed by atoms with Crippen molar-refractivity contribution in [3.63, 3.8) is 0 Å². The number of thiophene rings is 1. The van der Waals surface area contributed by atoms with Gasteiger partial charge in [-0.05, 0) is 47.9 Å².